The fourth-order valence-electron chi connectivity index (χ4n) is 1.05. The topological polar surface area (TPSA) is 69.4 Å². The molecule has 0 bridgehead atoms. The van der Waals surface area contributed by atoms with E-state index in [1.807, 2.05) is 0 Å². The molecule has 0 rings (SSSR count). The molecule has 0 N–H and O–H groups in total. The summed E-state index contributed by atoms with van der Waals surface area (Å²) in [6.07, 6.45) is -0.301. The van der Waals surface area contributed by atoms with Crippen LogP contribution in [0.3, 0.4) is 0 Å². The number of hydrogen-bond acceptors (Lipinski definition) is 4. The van der Waals surface area contributed by atoms with E-state index in [0.29, 0.717) is 6.42 Å². The molecule has 0 amide bonds. The Bertz CT molecular complexity index is 215. The van der Waals surface area contributed by atoms with Gasteiger partial charge in [0.05, 0.1) is 5.92 Å². The van der Waals surface area contributed by atoms with Gasteiger partial charge in [-0.15, -0.1) is 0 Å². The van der Waals surface area contributed by atoms with Gasteiger partial charge in [-0.05, 0) is 6.92 Å². The van der Waals surface area contributed by atoms with Crippen LogP contribution in [0.5, 0.6) is 0 Å². The van der Waals surface area contributed by atoms with Crippen molar-refractivity contribution in [1.82, 2.24) is 0 Å². The molecule has 5 heteroatoms. The monoisotopic (exact) mass is 203 g/mol. The van der Waals surface area contributed by atoms with E-state index in [2.05, 4.69) is 0 Å². The lowest BCUT2D eigenvalue weighted by Gasteiger charge is -2.17. The second-order valence-electron chi connectivity index (χ2n) is 3.56. The zero-order valence-electron chi connectivity index (χ0n) is 9.02. The van der Waals surface area contributed by atoms with Gasteiger partial charge >= 0.3 is 5.97 Å². The van der Waals surface area contributed by atoms with Crippen LogP contribution in [0.4, 0.5) is 0 Å². The van der Waals surface area contributed by atoms with Crippen molar-refractivity contribution < 1.29 is 14.5 Å². The lowest BCUT2D eigenvalue weighted by atomic mass is 10.1. The fraction of sp³-hybridized carbons (Fsp3) is 0.889. The molecule has 0 aliphatic heterocycles. The van der Waals surface area contributed by atoms with Crippen molar-refractivity contribution in [2.75, 3.05) is 0 Å². The summed E-state index contributed by atoms with van der Waals surface area (Å²) in [7, 11) is 0. The predicted molar refractivity (Wildman–Crippen MR) is 51.5 cm³/mol. The molecule has 0 heterocycles. The second kappa shape index (κ2) is 5.57. The summed E-state index contributed by atoms with van der Waals surface area (Å²) in [4.78, 5) is 21.3. The van der Waals surface area contributed by atoms with E-state index in [0.717, 1.165) is 0 Å². The van der Waals surface area contributed by atoms with Crippen LogP contribution >= 0.6 is 0 Å². The number of rotatable bonds is 5. The maximum Gasteiger partial charge on any atom is 0.308 e. The predicted octanol–water partition coefficient (Wildman–Crippen LogP) is 1.63. The summed E-state index contributed by atoms with van der Waals surface area (Å²) < 4.78 is 4.95. The average Bonchev–Trinajstić information content (AvgIpc) is 2.04. The molecular weight excluding hydrogens is 186 g/mol. The van der Waals surface area contributed by atoms with E-state index in [1.54, 1.807) is 27.7 Å². The number of ether oxygens (including phenoxy) is 1. The molecule has 0 unspecified atom stereocenters. The first kappa shape index (κ1) is 12.9. The number of hydrogen-bond donors (Lipinski definition) is 0. The summed E-state index contributed by atoms with van der Waals surface area (Å²) >= 11 is 0. The molecule has 0 saturated heterocycles. The fourth-order valence-corrected chi connectivity index (χ4v) is 1.05. The van der Waals surface area contributed by atoms with E-state index < -0.39 is 23.0 Å². The molecule has 82 valence electrons. The Kier molecular flexibility index (Phi) is 5.12. The van der Waals surface area contributed by atoms with Gasteiger partial charge < -0.3 is 4.74 Å². The van der Waals surface area contributed by atoms with Crippen LogP contribution in [-0.4, -0.2) is 23.0 Å². The first-order chi connectivity index (χ1) is 6.40. The summed E-state index contributed by atoms with van der Waals surface area (Å²) in [5.41, 5.74) is 0. The highest BCUT2D eigenvalue weighted by molar-refractivity contribution is 5.71. The molecule has 0 radical (unpaired) electrons. The van der Waals surface area contributed by atoms with E-state index in [4.69, 9.17) is 4.74 Å². The molecule has 0 saturated carbocycles. The van der Waals surface area contributed by atoms with Gasteiger partial charge in [-0.25, -0.2) is 0 Å². The minimum Gasteiger partial charge on any atom is -0.455 e. The zero-order valence-corrected chi connectivity index (χ0v) is 9.02. The average molecular weight is 203 g/mol. The van der Waals surface area contributed by atoms with Crippen LogP contribution in [-0.2, 0) is 9.53 Å². The Morgan fingerprint density at radius 3 is 2.21 bits per heavy atom. The van der Waals surface area contributed by atoms with Gasteiger partial charge in [-0.2, -0.15) is 0 Å². The van der Waals surface area contributed by atoms with E-state index >= 15 is 0 Å². The number of nitro groups is 1. The van der Waals surface area contributed by atoms with Crippen LogP contribution in [0.2, 0.25) is 0 Å². The summed E-state index contributed by atoms with van der Waals surface area (Å²) in [5.74, 6) is -0.639. The molecule has 0 fully saturated rings. The summed E-state index contributed by atoms with van der Waals surface area (Å²) in [6, 6.07) is -0.808. The van der Waals surface area contributed by atoms with Gasteiger partial charge in [0.2, 0.25) is 6.04 Å². The van der Waals surface area contributed by atoms with Gasteiger partial charge in [0.1, 0.15) is 0 Å². The Hall–Kier alpha value is -1.13. The lowest BCUT2D eigenvalue weighted by molar-refractivity contribution is -0.533. The molecule has 5 nitrogen and oxygen atoms in total. The Morgan fingerprint density at radius 2 is 1.93 bits per heavy atom. The van der Waals surface area contributed by atoms with Gasteiger partial charge in [0.15, 0.2) is 6.10 Å². The van der Waals surface area contributed by atoms with Crippen molar-refractivity contribution in [1.29, 1.82) is 0 Å². The molecule has 0 aliphatic carbocycles. The molecule has 0 aliphatic rings. The Morgan fingerprint density at radius 1 is 1.43 bits per heavy atom. The standard InChI is InChI=1S/C9H17NO4/c1-5-8(10(12)13)7(4)14-9(11)6(2)3/h6-8H,5H2,1-4H3/t7-,8-/m1/s1. The highest BCUT2D eigenvalue weighted by Gasteiger charge is 2.29. The van der Waals surface area contributed by atoms with Crippen molar-refractivity contribution in [3.63, 3.8) is 0 Å². The Balaban J connectivity index is 4.24. The third-order valence-corrected chi connectivity index (χ3v) is 2.00. The first-order valence-electron chi connectivity index (χ1n) is 4.74. The molecule has 14 heavy (non-hydrogen) atoms. The van der Waals surface area contributed by atoms with E-state index in [1.165, 1.54) is 0 Å². The van der Waals surface area contributed by atoms with Gasteiger partial charge in [-0.3, -0.25) is 14.9 Å². The third-order valence-electron chi connectivity index (χ3n) is 2.00. The van der Waals surface area contributed by atoms with Crippen molar-refractivity contribution >= 4 is 5.97 Å². The SMILES string of the molecule is CC[C@H]([C@@H](C)OC(=O)C(C)C)[N+](=O)[O-]. The van der Waals surface area contributed by atoms with Crippen LogP contribution < -0.4 is 0 Å². The van der Waals surface area contributed by atoms with Crippen molar-refractivity contribution in [3.8, 4) is 0 Å². The molecule has 0 aromatic rings. The number of nitrogens with zero attached hydrogens (tertiary/aromatic N) is 1. The smallest absolute Gasteiger partial charge is 0.308 e. The highest BCUT2D eigenvalue weighted by Crippen LogP contribution is 2.09. The minimum atomic E-state index is -0.808. The third kappa shape index (κ3) is 3.72. The maximum absolute atomic E-state index is 11.2. The van der Waals surface area contributed by atoms with Crippen LogP contribution in [0.1, 0.15) is 34.1 Å². The maximum atomic E-state index is 11.2. The van der Waals surface area contributed by atoms with Gasteiger partial charge in [0, 0.05) is 11.3 Å². The summed E-state index contributed by atoms with van der Waals surface area (Å²) in [5, 5.41) is 10.5. The highest BCUT2D eigenvalue weighted by atomic mass is 16.6. The number of carbonyl (C=O) groups excluding carboxylic acids is 1. The largest absolute Gasteiger partial charge is 0.455 e. The van der Waals surface area contributed by atoms with E-state index in [-0.39, 0.29) is 5.92 Å². The Labute approximate surface area is 83.6 Å². The molecular formula is C9H17NO4. The normalized spacial score (nSPS) is 14.9. The van der Waals surface area contributed by atoms with Crippen molar-refractivity contribution in [2.45, 2.75) is 46.3 Å². The summed E-state index contributed by atoms with van der Waals surface area (Å²) in [6.45, 7) is 6.65. The van der Waals surface area contributed by atoms with Gasteiger partial charge in [-0.1, -0.05) is 20.8 Å². The van der Waals surface area contributed by atoms with Crippen LogP contribution in [0.25, 0.3) is 0 Å². The number of esters is 1. The van der Waals surface area contributed by atoms with Crippen LogP contribution in [0, 0.1) is 16.0 Å². The molecule has 0 spiro atoms. The van der Waals surface area contributed by atoms with Crippen LogP contribution in [0.15, 0.2) is 0 Å². The lowest BCUT2D eigenvalue weighted by Crippen LogP contribution is -2.35. The minimum absolute atomic E-state index is 0.248. The van der Waals surface area contributed by atoms with Gasteiger partial charge in [0.25, 0.3) is 0 Å². The zero-order chi connectivity index (χ0) is 11.3. The first-order valence-corrected chi connectivity index (χ1v) is 4.74. The quantitative estimate of drug-likeness (QED) is 0.387. The number of carbonyl (C=O) groups is 1. The van der Waals surface area contributed by atoms with Crippen molar-refractivity contribution in [3.05, 3.63) is 10.1 Å². The molecule has 2 atom stereocenters. The molecule has 0 aromatic heterocycles. The molecule has 0 aromatic carbocycles. The second-order valence-corrected chi connectivity index (χ2v) is 3.56. The van der Waals surface area contributed by atoms with E-state index in [9.17, 15) is 14.9 Å². The van der Waals surface area contributed by atoms with Crippen molar-refractivity contribution in [2.24, 2.45) is 5.92 Å².